The Hall–Kier alpha value is -1.31. The summed E-state index contributed by atoms with van der Waals surface area (Å²) in [5.74, 6) is -1.97. The van der Waals surface area contributed by atoms with Gasteiger partial charge < -0.3 is 0 Å². The topological polar surface area (TPSA) is 37.4 Å². The van der Waals surface area contributed by atoms with Gasteiger partial charge in [0.25, 0.3) is 0 Å². The third kappa shape index (κ3) is 3.21. The van der Waals surface area contributed by atoms with Crippen molar-refractivity contribution in [1.82, 2.24) is 4.31 Å². The van der Waals surface area contributed by atoms with Gasteiger partial charge in [0.2, 0.25) is 10.0 Å². The van der Waals surface area contributed by atoms with Crippen LogP contribution in [-0.4, -0.2) is 19.8 Å². The molecule has 2 rings (SSSR count). The minimum Gasteiger partial charge on any atom is -0.207 e. The molecular weight excluding hydrogens is 376 g/mol. The summed E-state index contributed by atoms with van der Waals surface area (Å²) < 4.78 is 53.2. The summed E-state index contributed by atoms with van der Waals surface area (Å²) in [6.07, 6.45) is 0. The maximum absolute atomic E-state index is 13.3. The molecule has 0 heterocycles. The second kappa shape index (κ2) is 6.44. The first-order valence-electron chi connectivity index (χ1n) is 6.42. The maximum atomic E-state index is 13.3. The van der Waals surface area contributed by atoms with Gasteiger partial charge in [-0.25, -0.2) is 17.2 Å². The van der Waals surface area contributed by atoms with Gasteiger partial charge in [-0.15, -0.1) is 0 Å². The average molecular weight is 390 g/mol. The molecule has 22 heavy (non-hydrogen) atoms. The molecule has 1 unspecified atom stereocenters. The highest BCUT2D eigenvalue weighted by molar-refractivity contribution is 9.10. The molecule has 3 nitrogen and oxygen atoms in total. The van der Waals surface area contributed by atoms with Crippen molar-refractivity contribution in [3.05, 3.63) is 64.1 Å². The summed E-state index contributed by atoms with van der Waals surface area (Å²) in [7, 11) is -2.37. The summed E-state index contributed by atoms with van der Waals surface area (Å²) in [6.45, 7) is 1.61. The van der Waals surface area contributed by atoms with Crippen LogP contribution in [0, 0.1) is 11.6 Å². The Morgan fingerprint density at radius 1 is 1.09 bits per heavy atom. The zero-order chi connectivity index (χ0) is 16.5. The molecule has 0 saturated carbocycles. The lowest BCUT2D eigenvalue weighted by molar-refractivity contribution is 0.395. The standard InChI is InChI=1S/C15H14BrF2NO2S/c1-10(11-7-8-13(17)14(18)9-11)19(2)22(20,21)15-6-4-3-5-12(15)16/h3-10H,1-2H3. The van der Waals surface area contributed by atoms with Crippen LogP contribution >= 0.6 is 15.9 Å². The second-order valence-electron chi connectivity index (χ2n) is 4.80. The number of hydrogen-bond donors (Lipinski definition) is 0. The zero-order valence-electron chi connectivity index (χ0n) is 11.9. The van der Waals surface area contributed by atoms with E-state index >= 15 is 0 Å². The molecule has 2 aromatic rings. The molecule has 0 aliphatic heterocycles. The Morgan fingerprint density at radius 3 is 2.32 bits per heavy atom. The van der Waals surface area contributed by atoms with E-state index in [4.69, 9.17) is 0 Å². The van der Waals surface area contributed by atoms with Crippen LogP contribution in [0.2, 0.25) is 0 Å². The van der Waals surface area contributed by atoms with Gasteiger partial charge in [-0.2, -0.15) is 4.31 Å². The molecule has 0 bridgehead atoms. The molecule has 0 N–H and O–H groups in total. The van der Waals surface area contributed by atoms with E-state index in [1.54, 1.807) is 25.1 Å². The van der Waals surface area contributed by atoms with Crippen LogP contribution in [-0.2, 0) is 10.0 Å². The number of sulfonamides is 1. The molecule has 7 heteroatoms. The molecule has 1 atom stereocenters. The van der Waals surface area contributed by atoms with Crippen LogP contribution in [0.1, 0.15) is 18.5 Å². The Morgan fingerprint density at radius 2 is 1.73 bits per heavy atom. The SMILES string of the molecule is CC(c1ccc(F)c(F)c1)N(C)S(=O)(=O)c1ccccc1Br. The highest BCUT2D eigenvalue weighted by Crippen LogP contribution is 2.30. The Kier molecular flexibility index (Phi) is 4.99. The molecule has 0 saturated heterocycles. The second-order valence-corrected chi connectivity index (χ2v) is 7.62. The first-order chi connectivity index (χ1) is 10.2. The maximum Gasteiger partial charge on any atom is 0.244 e. The fourth-order valence-corrected chi connectivity index (χ4v) is 4.31. The van der Waals surface area contributed by atoms with Crippen molar-refractivity contribution in [2.45, 2.75) is 17.9 Å². The highest BCUT2D eigenvalue weighted by Gasteiger charge is 2.28. The lowest BCUT2D eigenvalue weighted by atomic mass is 10.1. The Bertz CT molecular complexity index is 796. The van der Waals surface area contributed by atoms with Gasteiger partial charge in [-0.05, 0) is 52.7 Å². The Labute approximate surface area is 136 Å². The molecule has 0 radical (unpaired) electrons. The normalized spacial score (nSPS) is 13.4. The van der Waals surface area contributed by atoms with Crippen LogP contribution in [0.15, 0.2) is 51.8 Å². The van der Waals surface area contributed by atoms with Gasteiger partial charge in [0.15, 0.2) is 11.6 Å². The predicted octanol–water partition coefficient (Wildman–Crippen LogP) is 4.11. The number of rotatable bonds is 4. The zero-order valence-corrected chi connectivity index (χ0v) is 14.3. The first-order valence-corrected chi connectivity index (χ1v) is 8.66. The monoisotopic (exact) mass is 389 g/mol. The van der Waals surface area contributed by atoms with E-state index in [1.807, 2.05) is 0 Å². The van der Waals surface area contributed by atoms with Gasteiger partial charge in [-0.1, -0.05) is 18.2 Å². The number of halogens is 3. The van der Waals surface area contributed by atoms with E-state index in [1.165, 1.54) is 19.2 Å². The van der Waals surface area contributed by atoms with Crippen molar-refractivity contribution in [3.63, 3.8) is 0 Å². The van der Waals surface area contributed by atoms with E-state index in [-0.39, 0.29) is 4.90 Å². The summed E-state index contributed by atoms with van der Waals surface area (Å²) in [4.78, 5) is 0.118. The molecule has 2 aromatic carbocycles. The smallest absolute Gasteiger partial charge is 0.207 e. The third-order valence-electron chi connectivity index (χ3n) is 3.47. The quantitative estimate of drug-likeness (QED) is 0.788. The van der Waals surface area contributed by atoms with Crippen molar-refractivity contribution < 1.29 is 17.2 Å². The van der Waals surface area contributed by atoms with E-state index < -0.39 is 27.7 Å². The first kappa shape index (κ1) is 17.1. The number of nitrogens with zero attached hydrogens (tertiary/aromatic N) is 1. The summed E-state index contributed by atoms with van der Waals surface area (Å²) in [6, 6.07) is 9.15. The van der Waals surface area contributed by atoms with E-state index in [0.717, 1.165) is 16.4 Å². The van der Waals surface area contributed by atoms with E-state index in [9.17, 15) is 17.2 Å². The molecule has 118 valence electrons. The van der Waals surface area contributed by atoms with E-state index in [0.29, 0.717) is 10.0 Å². The van der Waals surface area contributed by atoms with Gasteiger partial charge in [0, 0.05) is 17.6 Å². The fraction of sp³-hybridized carbons (Fsp3) is 0.200. The summed E-state index contributed by atoms with van der Waals surface area (Å²) in [5, 5.41) is 0. The molecule has 0 amide bonds. The lowest BCUT2D eigenvalue weighted by Gasteiger charge is -2.25. The molecule has 0 aliphatic carbocycles. The summed E-state index contributed by atoms with van der Waals surface area (Å²) >= 11 is 3.21. The van der Waals surface area contributed by atoms with Crippen molar-refractivity contribution in [2.24, 2.45) is 0 Å². The van der Waals surface area contributed by atoms with Crippen molar-refractivity contribution in [1.29, 1.82) is 0 Å². The van der Waals surface area contributed by atoms with Crippen LogP contribution < -0.4 is 0 Å². The lowest BCUT2D eigenvalue weighted by Crippen LogP contribution is -2.30. The largest absolute Gasteiger partial charge is 0.244 e. The summed E-state index contributed by atoms with van der Waals surface area (Å²) in [5.41, 5.74) is 0.372. The van der Waals surface area contributed by atoms with Gasteiger partial charge in [0.05, 0.1) is 4.90 Å². The molecule has 0 aromatic heterocycles. The van der Waals surface area contributed by atoms with Crippen molar-refractivity contribution in [3.8, 4) is 0 Å². The molecular formula is C15H14BrF2NO2S. The minimum atomic E-state index is -3.77. The molecule has 0 fully saturated rings. The minimum absolute atomic E-state index is 0.118. The van der Waals surface area contributed by atoms with Gasteiger partial charge in [0.1, 0.15) is 0 Å². The molecule has 0 spiro atoms. The van der Waals surface area contributed by atoms with Gasteiger partial charge >= 0.3 is 0 Å². The third-order valence-corrected chi connectivity index (χ3v) is 6.41. The van der Waals surface area contributed by atoms with Crippen molar-refractivity contribution in [2.75, 3.05) is 7.05 Å². The Balaban J connectivity index is 2.39. The highest BCUT2D eigenvalue weighted by atomic mass is 79.9. The van der Waals surface area contributed by atoms with Crippen LogP contribution in [0.4, 0.5) is 8.78 Å². The average Bonchev–Trinajstić information content (AvgIpc) is 2.48. The predicted molar refractivity (Wildman–Crippen MR) is 83.9 cm³/mol. The van der Waals surface area contributed by atoms with Crippen LogP contribution in [0.5, 0.6) is 0 Å². The van der Waals surface area contributed by atoms with Gasteiger partial charge in [-0.3, -0.25) is 0 Å². The fourth-order valence-electron chi connectivity index (χ4n) is 2.00. The number of benzene rings is 2. The molecule has 0 aliphatic rings. The number of hydrogen-bond acceptors (Lipinski definition) is 2. The van der Waals surface area contributed by atoms with E-state index in [2.05, 4.69) is 15.9 Å². The van der Waals surface area contributed by atoms with Crippen molar-refractivity contribution >= 4 is 26.0 Å². The van der Waals surface area contributed by atoms with Crippen LogP contribution in [0.3, 0.4) is 0 Å². The van der Waals surface area contributed by atoms with Crippen LogP contribution in [0.25, 0.3) is 0 Å².